The van der Waals surface area contributed by atoms with Crippen LogP contribution in [-0.4, -0.2) is 56.3 Å². The van der Waals surface area contributed by atoms with Crippen molar-refractivity contribution in [1.82, 2.24) is 9.62 Å². The topological polar surface area (TPSA) is 99.9 Å². The van der Waals surface area contributed by atoms with Gasteiger partial charge in [0.2, 0.25) is 21.8 Å². The molecule has 160 valence electrons. The van der Waals surface area contributed by atoms with Crippen LogP contribution in [0.25, 0.3) is 0 Å². The van der Waals surface area contributed by atoms with Crippen molar-refractivity contribution in [2.45, 2.75) is 23.8 Å². The lowest BCUT2D eigenvalue weighted by molar-refractivity contribution is -0.121. The average molecular weight is 450 g/mol. The van der Waals surface area contributed by atoms with E-state index in [0.29, 0.717) is 5.69 Å². The summed E-state index contributed by atoms with van der Waals surface area (Å²) in [5, 5.41) is 0. The Kier molecular flexibility index (Phi) is 6.28. The maximum absolute atomic E-state index is 12.8. The lowest BCUT2D eigenvalue weighted by atomic mass is 10.2. The first-order chi connectivity index (χ1) is 14.5. The number of nitrogens with one attached hydrogen (secondary N) is 1. The smallest absolute Gasteiger partial charge is 0.240 e. The van der Waals surface area contributed by atoms with E-state index in [4.69, 9.17) is 4.42 Å². The minimum atomic E-state index is -3.76. The molecule has 0 bridgehead atoms. The van der Waals surface area contributed by atoms with E-state index in [1.165, 1.54) is 24.3 Å². The molecule has 0 spiro atoms. The molecule has 0 radical (unpaired) electrons. The maximum atomic E-state index is 12.8. The van der Waals surface area contributed by atoms with Gasteiger partial charge in [0.15, 0.2) is 0 Å². The van der Waals surface area contributed by atoms with Crippen LogP contribution in [0.5, 0.6) is 0 Å². The van der Waals surface area contributed by atoms with Crippen molar-refractivity contribution in [1.29, 1.82) is 0 Å². The Labute approximate surface area is 179 Å². The third-order valence-corrected chi connectivity index (χ3v) is 7.66. The zero-order chi connectivity index (χ0) is 21.1. The predicted molar refractivity (Wildman–Crippen MR) is 114 cm³/mol. The van der Waals surface area contributed by atoms with Gasteiger partial charge in [0.1, 0.15) is 5.76 Å². The first kappa shape index (κ1) is 21.1. The van der Waals surface area contributed by atoms with Crippen molar-refractivity contribution in [3.8, 4) is 0 Å². The summed E-state index contributed by atoms with van der Waals surface area (Å²) in [5.74, 6) is 2.19. The Morgan fingerprint density at radius 3 is 2.30 bits per heavy atom. The molecule has 2 aliphatic rings. The van der Waals surface area contributed by atoms with Crippen LogP contribution in [0.4, 0.5) is 5.69 Å². The second kappa shape index (κ2) is 8.93. The molecule has 0 saturated carbocycles. The number of anilines is 1. The molecule has 1 unspecified atom stereocenters. The minimum absolute atomic E-state index is 0.0812. The van der Waals surface area contributed by atoms with Crippen molar-refractivity contribution in [2.24, 2.45) is 0 Å². The van der Waals surface area contributed by atoms with Gasteiger partial charge in [0.25, 0.3) is 0 Å². The van der Waals surface area contributed by atoms with Gasteiger partial charge in [0.05, 0.1) is 22.9 Å². The van der Waals surface area contributed by atoms with Crippen LogP contribution >= 0.6 is 11.8 Å². The SMILES string of the molecule is O=C1CCC(=O)N1c1ccc(S(=O)(=O)NCC(c2ccco2)N2CCSCC2)cc1. The number of benzene rings is 1. The molecular weight excluding hydrogens is 426 g/mol. The lowest BCUT2D eigenvalue weighted by Crippen LogP contribution is -2.41. The van der Waals surface area contributed by atoms with Gasteiger partial charge in [-0.1, -0.05) is 0 Å². The summed E-state index contributed by atoms with van der Waals surface area (Å²) in [7, 11) is -3.76. The summed E-state index contributed by atoms with van der Waals surface area (Å²) in [6.07, 6.45) is 1.96. The number of furan rings is 1. The van der Waals surface area contributed by atoms with E-state index in [-0.39, 0.29) is 42.1 Å². The number of amides is 2. The Morgan fingerprint density at radius 2 is 1.70 bits per heavy atom. The van der Waals surface area contributed by atoms with E-state index in [0.717, 1.165) is 35.3 Å². The van der Waals surface area contributed by atoms with Crippen LogP contribution in [0.2, 0.25) is 0 Å². The van der Waals surface area contributed by atoms with Gasteiger partial charge in [-0.3, -0.25) is 19.4 Å². The number of imide groups is 1. The highest BCUT2D eigenvalue weighted by atomic mass is 32.2. The molecule has 3 heterocycles. The average Bonchev–Trinajstić information content (AvgIpc) is 3.39. The van der Waals surface area contributed by atoms with Crippen molar-refractivity contribution in [2.75, 3.05) is 36.0 Å². The summed E-state index contributed by atoms with van der Waals surface area (Å²) < 4.78 is 33.9. The summed E-state index contributed by atoms with van der Waals surface area (Å²) in [5.41, 5.74) is 0.390. The predicted octanol–water partition coefficient (Wildman–Crippen LogP) is 2.00. The summed E-state index contributed by atoms with van der Waals surface area (Å²) >= 11 is 1.88. The van der Waals surface area contributed by atoms with Gasteiger partial charge in [-0.15, -0.1) is 0 Å². The van der Waals surface area contributed by atoms with Crippen LogP contribution in [0.3, 0.4) is 0 Å². The molecule has 2 aromatic rings. The van der Waals surface area contributed by atoms with Gasteiger partial charge in [0, 0.05) is 44.0 Å². The Hall–Kier alpha value is -2.14. The maximum Gasteiger partial charge on any atom is 0.240 e. The molecule has 8 nitrogen and oxygen atoms in total. The number of hydrogen-bond donors (Lipinski definition) is 1. The molecular formula is C20H23N3O5S2. The highest BCUT2D eigenvalue weighted by Gasteiger charge is 2.31. The summed E-state index contributed by atoms with van der Waals surface area (Å²) in [6, 6.07) is 9.28. The van der Waals surface area contributed by atoms with E-state index in [1.54, 1.807) is 12.3 Å². The van der Waals surface area contributed by atoms with Gasteiger partial charge in [-0.25, -0.2) is 13.1 Å². The Balaban J connectivity index is 1.47. The molecule has 0 aliphatic carbocycles. The lowest BCUT2D eigenvalue weighted by Gasteiger charge is -2.33. The zero-order valence-corrected chi connectivity index (χ0v) is 18.0. The standard InChI is InChI=1S/C20H23N3O5S2/c24-19-7-8-20(25)23(19)15-3-5-16(6-4-15)30(26,27)21-14-17(18-2-1-11-28-18)22-9-12-29-13-10-22/h1-6,11,17,21H,7-10,12-14H2. The Bertz CT molecular complexity index is 984. The van der Waals surface area contributed by atoms with E-state index in [2.05, 4.69) is 9.62 Å². The number of hydrogen-bond acceptors (Lipinski definition) is 7. The second-order valence-corrected chi connectivity index (χ2v) is 10.1. The van der Waals surface area contributed by atoms with Crippen molar-refractivity contribution in [3.63, 3.8) is 0 Å². The molecule has 2 fully saturated rings. The third-order valence-electron chi connectivity index (χ3n) is 5.28. The largest absolute Gasteiger partial charge is 0.468 e. The van der Waals surface area contributed by atoms with Crippen LogP contribution in [0, 0.1) is 0 Å². The van der Waals surface area contributed by atoms with Gasteiger partial charge >= 0.3 is 0 Å². The number of sulfonamides is 1. The second-order valence-electron chi connectivity index (χ2n) is 7.15. The molecule has 2 saturated heterocycles. The molecule has 1 aromatic carbocycles. The molecule has 2 aliphatic heterocycles. The number of nitrogens with zero attached hydrogens (tertiary/aromatic N) is 2. The molecule has 10 heteroatoms. The number of carbonyl (C=O) groups is 2. The molecule has 30 heavy (non-hydrogen) atoms. The van der Waals surface area contributed by atoms with Crippen LogP contribution in [0.1, 0.15) is 24.6 Å². The quantitative estimate of drug-likeness (QED) is 0.646. The van der Waals surface area contributed by atoms with Crippen LogP contribution in [-0.2, 0) is 19.6 Å². The van der Waals surface area contributed by atoms with E-state index >= 15 is 0 Å². The monoisotopic (exact) mass is 449 g/mol. The first-order valence-electron chi connectivity index (χ1n) is 9.76. The minimum Gasteiger partial charge on any atom is -0.468 e. The molecule has 4 rings (SSSR count). The van der Waals surface area contributed by atoms with E-state index in [9.17, 15) is 18.0 Å². The number of thioether (sulfide) groups is 1. The zero-order valence-electron chi connectivity index (χ0n) is 16.3. The van der Waals surface area contributed by atoms with E-state index in [1.807, 2.05) is 17.8 Å². The van der Waals surface area contributed by atoms with Crippen molar-refractivity contribution in [3.05, 3.63) is 48.4 Å². The Morgan fingerprint density at radius 1 is 1.03 bits per heavy atom. The van der Waals surface area contributed by atoms with Crippen molar-refractivity contribution < 1.29 is 22.4 Å². The normalized spacial score (nSPS) is 19.4. The molecule has 1 N–H and O–H groups in total. The fourth-order valence-corrected chi connectivity index (χ4v) is 5.66. The summed E-state index contributed by atoms with van der Waals surface area (Å²) in [6.45, 7) is 1.92. The van der Waals surface area contributed by atoms with Gasteiger partial charge in [-0.2, -0.15) is 11.8 Å². The van der Waals surface area contributed by atoms with E-state index < -0.39 is 10.0 Å². The third kappa shape index (κ3) is 4.46. The number of carbonyl (C=O) groups excluding carboxylic acids is 2. The fraction of sp³-hybridized carbons (Fsp3) is 0.400. The first-order valence-corrected chi connectivity index (χ1v) is 12.4. The fourth-order valence-electron chi connectivity index (χ4n) is 3.69. The van der Waals surface area contributed by atoms with Gasteiger partial charge in [-0.05, 0) is 36.4 Å². The van der Waals surface area contributed by atoms with Crippen LogP contribution in [0.15, 0.2) is 52.0 Å². The highest BCUT2D eigenvalue weighted by molar-refractivity contribution is 7.99. The highest BCUT2D eigenvalue weighted by Crippen LogP contribution is 2.26. The molecule has 1 atom stereocenters. The molecule has 1 aromatic heterocycles. The van der Waals surface area contributed by atoms with Crippen molar-refractivity contribution >= 4 is 39.3 Å². The number of rotatable bonds is 7. The van der Waals surface area contributed by atoms with Gasteiger partial charge < -0.3 is 4.42 Å². The molecule has 2 amide bonds. The van der Waals surface area contributed by atoms with Crippen LogP contribution < -0.4 is 9.62 Å². The summed E-state index contributed by atoms with van der Waals surface area (Å²) in [4.78, 5) is 27.1.